The summed E-state index contributed by atoms with van der Waals surface area (Å²) in [6.45, 7) is 1.81. The molecule has 0 aliphatic carbocycles. The molecule has 1 aliphatic heterocycles. The smallest absolute Gasteiger partial charge is 0.222 e. The number of unbranched alkanes of at least 4 members (excludes halogenated alkanes) is 1. The van der Waals surface area contributed by atoms with Gasteiger partial charge in [-0.2, -0.15) is 0 Å². The quantitative estimate of drug-likeness (QED) is 0.809. The van der Waals surface area contributed by atoms with Crippen LogP contribution in [0.25, 0.3) is 0 Å². The van der Waals surface area contributed by atoms with Crippen LogP contribution in [0, 0.1) is 0 Å². The summed E-state index contributed by atoms with van der Waals surface area (Å²) in [6.07, 6.45) is 2.59. The molecule has 1 aliphatic rings. The van der Waals surface area contributed by atoms with Gasteiger partial charge in [-0.25, -0.2) is 0 Å². The average molecular weight is 342 g/mol. The fourth-order valence-corrected chi connectivity index (χ4v) is 2.49. The first-order valence-electron chi connectivity index (χ1n) is 6.99. The molecular formula is C15H20BrNO3. The second-order valence-electron chi connectivity index (χ2n) is 5.04. The van der Waals surface area contributed by atoms with Gasteiger partial charge >= 0.3 is 0 Å². The van der Waals surface area contributed by atoms with Gasteiger partial charge in [-0.1, -0.05) is 15.9 Å². The molecule has 0 spiro atoms. The summed E-state index contributed by atoms with van der Waals surface area (Å²) < 4.78 is 6.63. The van der Waals surface area contributed by atoms with E-state index >= 15 is 0 Å². The lowest BCUT2D eigenvalue weighted by atomic mass is 10.2. The SMILES string of the molecule is O=C(CCCCOc1ccc(Br)cc1)N1CC[C@H](O)C1. The third kappa shape index (κ3) is 4.80. The molecule has 1 fully saturated rings. The summed E-state index contributed by atoms with van der Waals surface area (Å²) in [5.41, 5.74) is 0. The highest BCUT2D eigenvalue weighted by Gasteiger charge is 2.23. The van der Waals surface area contributed by atoms with E-state index in [4.69, 9.17) is 4.74 Å². The predicted octanol–water partition coefficient (Wildman–Crippen LogP) is 2.59. The number of carbonyl (C=O) groups excluding carboxylic acids is 1. The number of aliphatic hydroxyl groups excluding tert-OH is 1. The van der Waals surface area contributed by atoms with Crippen molar-refractivity contribution in [2.24, 2.45) is 0 Å². The molecule has 1 amide bonds. The Morgan fingerprint density at radius 3 is 2.75 bits per heavy atom. The van der Waals surface area contributed by atoms with Gasteiger partial charge in [0.25, 0.3) is 0 Å². The number of rotatable bonds is 6. The van der Waals surface area contributed by atoms with Gasteiger partial charge in [-0.05, 0) is 43.5 Å². The molecule has 0 unspecified atom stereocenters. The van der Waals surface area contributed by atoms with Gasteiger partial charge < -0.3 is 14.7 Å². The molecule has 4 nitrogen and oxygen atoms in total. The average Bonchev–Trinajstić information content (AvgIpc) is 2.87. The van der Waals surface area contributed by atoms with E-state index in [1.54, 1.807) is 4.90 Å². The maximum atomic E-state index is 11.8. The molecule has 0 bridgehead atoms. The third-order valence-corrected chi connectivity index (χ3v) is 3.91. The van der Waals surface area contributed by atoms with Crippen molar-refractivity contribution in [1.29, 1.82) is 0 Å². The number of benzene rings is 1. The van der Waals surface area contributed by atoms with Crippen molar-refractivity contribution in [2.75, 3.05) is 19.7 Å². The summed E-state index contributed by atoms with van der Waals surface area (Å²) in [5.74, 6) is 0.993. The lowest BCUT2D eigenvalue weighted by Crippen LogP contribution is -2.29. The van der Waals surface area contributed by atoms with Crippen molar-refractivity contribution in [3.8, 4) is 5.75 Å². The van der Waals surface area contributed by atoms with E-state index in [2.05, 4.69) is 15.9 Å². The minimum atomic E-state index is -0.334. The van der Waals surface area contributed by atoms with Crippen molar-refractivity contribution in [3.05, 3.63) is 28.7 Å². The van der Waals surface area contributed by atoms with Crippen LogP contribution >= 0.6 is 15.9 Å². The minimum Gasteiger partial charge on any atom is -0.494 e. The molecular weight excluding hydrogens is 322 g/mol. The van der Waals surface area contributed by atoms with Crippen molar-refractivity contribution in [2.45, 2.75) is 31.8 Å². The lowest BCUT2D eigenvalue weighted by molar-refractivity contribution is -0.130. The summed E-state index contributed by atoms with van der Waals surface area (Å²) in [6, 6.07) is 7.72. The van der Waals surface area contributed by atoms with E-state index in [1.165, 1.54) is 0 Å². The number of likely N-dealkylation sites (tertiary alicyclic amines) is 1. The Morgan fingerprint density at radius 1 is 1.35 bits per heavy atom. The molecule has 1 N–H and O–H groups in total. The Kier molecular flexibility index (Phi) is 5.86. The van der Waals surface area contributed by atoms with E-state index in [1.807, 2.05) is 24.3 Å². The van der Waals surface area contributed by atoms with Crippen LogP contribution in [-0.2, 0) is 4.79 Å². The first-order valence-corrected chi connectivity index (χ1v) is 7.78. The lowest BCUT2D eigenvalue weighted by Gasteiger charge is -2.15. The Balaban J connectivity index is 1.57. The Labute approximate surface area is 127 Å². The maximum absolute atomic E-state index is 11.8. The van der Waals surface area contributed by atoms with E-state index in [9.17, 15) is 9.90 Å². The number of hydrogen-bond donors (Lipinski definition) is 1. The van der Waals surface area contributed by atoms with Crippen LogP contribution in [-0.4, -0.2) is 41.7 Å². The fraction of sp³-hybridized carbons (Fsp3) is 0.533. The Morgan fingerprint density at radius 2 is 2.10 bits per heavy atom. The number of carbonyl (C=O) groups is 1. The highest BCUT2D eigenvalue weighted by atomic mass is 79.9. The van der Waals surface area contributed by atoms with Gasteiger partial charge in [0.2, 0.25) is 5.91 Å². The molecule has 1 saturated heterocycles. The van der Waals surface area contributed by atoms with E-state index in [-0.39, 0.29) is 12.0 Å². The molecule has 20 heavy (non-hydrogen) atoms. The molecule has 1 aromatic rings. The summed E-state index contributed by atoms with van der Waals surface area (Å²) in [5, 5.41) is 9.39. The number of β-amino-alcohol motifs (C(OH)–C–C–N with tert-alkyl or cyclic N) is 1. The van der Waals surface area contributed by atoms with E-state index in [0.29, 0.717) is 32.5 Å². The third-order valence-electron chi connectivity index (χ3n) is 3.38. The van der Waals surface area contributed by atoms with E-state index in [0.717, 1.165) is 23.1 Å². The topological polar surface area (TPSA) is 49.8 Å². The summed E-state index contributed by atoms with van der Waals surface area (Å²) >= 11 is 3.38. The first-order chi connectivity index (χ1) is 9.65. The van der Waals surface area contributed by atoms with Crippen molar-refractivity contribution < 1.29 is 14.6 Å². The molecule has 1 atom stereocenters. The van der Waals surface area contributed by atoms with Crippen molar-refractivity contribution in [3.63, 3.8) is 0 Å². The molecule has 0 saturated carbocycles. The summed E-state index contributed by atoms with van der Waals surface area (Å²) in [7, 11) is 0. The molecule has 0 aromatic heterocycles. The highest BCUT2D eigenvalue weighted by Crippen LogP contribution is 2.16. The van der Waals surface area contributed by atoms with Gasteiger partial charge in [0.1, 0.15) is 5.75 Å². The zero-order chi connectivity index (χ0) is 14.4. The van der Waals surface area contributed by atoms with Gasteiger partial charge in [0.05, 0.1) is 12.7 Å². The van der Waals surface area contributed by atoms with Crippen LogP contribution in [0.1, 0.15) is 25.7 Å². The van der Waals surface area contributed by atoms with Crippen molar-refractivity contribution in [1.82, 2.24) is 4.90 Å². The molecule has 2 rings (SSSR count). The fourth-order valence-electron chi connectivity index (χ4n) is 2.23. The normalized spacial score (nSPS) is 18.3. The van der Waals surface area contributed by atoms with Gasteiger partial charge in [0.15, 0.2) is 0 Å². The largest absolute Gasteiger partial charge is 0.494 e. The summed E-state index contributed by atoms with van der Waals surface area (Å²) in [4.78, 5) is 13.6. The van der Waals surface area contributed by atoms with Crippen LogP contribution in [0.5, 0.6) is 5.75 Å². The maximum Gasteiger partial charge on any atom is 0.222 e. The number of halogens is 1. The van der Waals surface area contributed by atoms with Crippen LogP contribution in [0.2, 0.25) is 0 Å². The first kappa shape index (κ1) is 15.3. The second-order valence-corrected chi connectivity index (χ2v) is 5.96. The number of hydrogen-bond acceptors (Lipinski definition) is 3. The van der Waals surface area contributed by atoms with Gasteiger partial charge in [-0.15, -0.1) is 0 Å². The van der Waals surface area contributed by atoms with Crippen LogP contribution in [0.15, 0.2) is 28.7 Å². The Hall–Kier alpha value is -1.07. The highest BCUT2D eigenvalue weighted by molar-refractivity contribution is 9.10. The number of amides is 1. The number of aliphatic hydroxyl groups is 1. The monoisotopic (exact) mass is 341 g/mol. The standard InChI is InChI=1S/C15H20BrNO3/c16-12-4-6-14(7-5-12)20-10-2-1-3-15(19)17-9-8-13(18)11-17/h4-7,13,18H,1-3,8-11H2/t13-/m0/s1. The molecule has 110 valence electrons. The number of ether oxygens (including phenoxy) is 1. The van der Waals surface area contributed by atoms with Crippen LogP contribution in [0.4, 0.5) is 0 Å². The second kappa shape index (κ2) is 7.64. The zero-order valence-corrected chi connectivity index (χ0v) is 13.0. The van der Waals surface area contributed by atoms with Gasteiger partial charge in [0, 0.05) is 24.0 Å². The molecule has 1 heterocycles. The van der Waals surface area contributed by atoms with Gasteiger partial charge in [-0.3, -0.25) is 4.79 Å². The molecule has 5 heteroatoms. The molecule has 0 radical (unpaired) electrons. The van der Waals surface area contributed by atoms with E-state index < -0.39 is 0 Å². The minimum absolute atomic E-state index is 0.144. The van der Waals surface area contributed by atoms with Crippen molar-refractivity contribution >= 4 is 21.8 Å². The predicted molar refractivity (Wildman–Crippen MR) is 80.7 cm³/mol. The van der Waals surface area contributed by atoms with Crippen LogP contribution in [0.3, 0.4) is 0 Å². The Bertz CT molecular complexity index is 435. The number of nitrogens with zero attached hydrogens (tertiary/aromatic N) is 1. The zero-order valence-electron chi connectivity index (χ0n) is 11.4. The van der Waals surface area contributed by atoms with Crippen LogP contribution < -0.4 is 4.74 Å². The molecule has 1 aromatic carbocycles.